The van der Waals surface area contributed by atoms with Gasteiger partial charge in [0.2, 0.25) is 5.91 Å². The van der Waals surface area contributed by atoms with Crippen LogP contribution in [0.3, 0.4) is 0 Å². The van der Waals surface area contributed by atoms with E-state index in [9.17, 15) is 4.79 Å². The molecule has 3 fully saturated rings. The minimum Gasteiger partial charge on any atom is -0.493 e. The highest BCUT2D eigenvalue weighted by Gasteiger charge is 2.79. The summed E-state index contributed by atoms with van der Waals surface area (Å²) < 4.78 is 19.3. The summed E-state index contributed by atoms with van der Waals surface area (Å²) in [6.07, 6.45) is 17.3. The van der Waals surface area contributed by atoms with Crippen molar-refractivity contribution in [1.82, 2.24) is 10.2 Å². The highest BCUT2D eigenvalue weighted by Crippen LogP contribution is 2.73. The standard InChI is InChI=1S/C35H38N2O4/c1-39-26-15-14-25-20-28-33-16-17-35(40-2,27(21-33)36-29(38)11-7-6-10-23-8-4-3-5-9-23)32-34(33,30(25)31(26)41-32)18-19-37(28)22-24-12-13-24/h3-11,14-17,24,27-28,32H,12-13,18-22H2,1-2H3,(H,36,38)/t27?,28-,32?,33-,34+,35-/m1/s1. The maximum absolute atomic E-state index is 13.4. The molecule has 7 aliphatic rings. The molecule has 2 saturated carbocycles. The van der Waals surface area contributed by atoms with E-state index in [0.29, 0.717) is 6.04 Å². The number of carbonyl (C=O) groups excluding carboxylic acids is 1. The molecule has 1 amide bonds. The van der Waals surface area contributed by atoms with Crippen molar-refractivity contribution in [2.75, 3.05) is 27.3 Å². The van der Waals surface area contributed by atoms with Crippen LogP contribution in [0.2, 0.25) is 0 Å². The minimum absolute atomic E-state index is 0.111. The molecule has 9 rings (SSSR count). The number of nitrogens with one attached hydrogen (secondary N) is 1. The lowest BCUT2D eigenvalue weighted by Crippen LogP contribution is -2.82. The van der Waals surface area contributed by atoms with Gasteiger partial charge in [0.25, 0.3) is 0 Å². The van der Waals surface area contributed by atoms with Gasteiger partial charge in [-0.3, -0.25) is 9.69 Å². The Kier molecular flexibility index (Phi) is 5.61. The summed E-state index contributed by atoms with van der Waals surface area (Å²) in [6, 6.07) is 14.6. The van der Waals surface area contributed by atoms with Gasteiger partial charge in [-0.15, -0.1) is 0 Å². The molecule has 2 aromatic carbocycles. The third kappa shape index (κ3) is 3.41. The molecule has 1 saturated heterocycles. The van der Waals surface area contributed by atoms with Crippen molar-refractivity contribution in [1.29, 1.82) is 0 Å². The minimum atomic E-state index is -0.771. The van der Waals surface area contributed by atoms with Crippen LogP contribution in [-0.4, -0.2) is 61.9 Å². The van der Waals surface area contributed by atoms with Crippen molar-refractivity contribution in [3.05, 3.63) is 89.5 Å². The van der Waals surface area contributed by atoms with E-state index in [1.165, 1.54) is 30.5 Å². The molecular formula is C35H38N2O4. The molecule has 41 heavy (non-hydrogen) atoms. The predicted molar refractivity (Wildman–Crippen MR) is 158 cm³/mol. The van der Waals surface area contributed by atoms with Crippen molar-refractivity contribution in [3.8, 4) is 11.5 Å². The van der Waals surface area contributed by atoms with E-state index in [4.69, 9.17) is 14.2 Å². The van der Waals surface area contributed by atoms with Gasteiger partial charge in [0.15, 0.2) is 11.5 Å². The second-order valence-electron chi connectivity index (χ2n) is 12.8. The molecule has 2 spiro atoms. The fourth-order valence-corrected chi connectivity index (χ4v) is 9.19. The Bertz CT molecular complexity index is 1480. The molecule has 6 atom stereocenters. The van der Waals surface area contributed by atoms with Gasteiger partial charge < -0.3 is 19.5 Å². The maximum atomic E-state index is 13.4. The quantitative estimate of drug-likeness (QED) is 0.290. The predicted octanol–water partition coefficient (Wildman–Crippen LogP) is 4.83. The number of nitrogens with zero attached hydrogens (tertiary/aromatic N) is 1. The Morgan fingerprint density at radius 1 is 1.12 bits per heavy atom. The van der Waals surface area contributed by atoms with E-state index in [1.807, 2.05) is 48.6 Å². The number of amides is 1. The number of hydrogen-bond acceptors (Lipinski definition) is 5. The lowest BCUT2D eigenvalue weighted by atomic mass is 9.38. The van der Waals surface area contributed by atoms with E-state index in [1.54, 1.807) is 20.3 Å². The van der Waals surface area contributed by atoms with Gasteiger partial charge >= 0.3 is 0 Å². The Morgan fingerprint density at radius 2 is 1.98 bits per heavy atom. The monoisotopic (exact) mass is 550 g/mol. The number of piperidine rings is 1. The van der Waals surface area contributed by atoms with Crippen LogP contribution in [0.4, 0.5) is 0 Å². The number of allylic oxidation sites excluding steroid dienone is 2. The smallest absolute Gasteiger partial charge is 0.244 e. The van der Waals surface area contributed by atoms with Crippen LogP contribution in [0.15, 0.2) is 72.8 Å². The van der Waals surface area contributed by atoms with Gasteiger partial charge in [0, 0.05) is 36.8 Å². The summed E-state index contributed by atoms with van der Waals surface area (Å²) in [5, 5.41) is 3.38. The number of likely N-dealkylation sites (tertiary alicyclic amines) is 1. The van der Waals surface area contributed by atoms with E-state index in [2.05, 4.69) is 34.5 Å². The summed E-state index contributed by atoms with van der Waals surface area (Å²) in [4.78, 5) is 16.1. The summed E-state index contributed by atoms with van der Waals surface area (Å²) in [5.74, 6) is 2.39. The number of ether oxygens (including phenoxy) is 3. The zero-order valence-corrected chi connectivity index (χ0v) is 23.8. The average Bonchev–Trinajstić information content (AvgIpc) is 3.74. The van der Waals surface area contributed by atoms with Crippen molar-refractivity contribution in [2.45, 2.75) is 61.3 Å². The maximum Gasteiger partial charge on any atom is 0.244 e. The highest BCUT2D eigenvalue weighted by atomic mass is 16.6. The fourth-order valence-electron chi connectivity index (χ4n) is 9.19. The molecule has 0 aromatic heterocycles. The molecule has 6 heteroatoms. The molecule has 1 N–H and O–H groups in total. The number of methoxy groups -OCH3 is 2. The van der Waals surface area contributed by atoms with Gasteiger partial charge in [-0.2, -0.15) is 0 Å². The van der Waals surface area contributed by atoms with Gasteiger partial charge in [-0.1, -0.05) is 66.8 Å². The Labute approximate surface area is 242 Å². The number of benzene rings is 2. The van der Waals surface area contributed by atoms with Gasteiger partial charge in [0.1, 0.15) is 11.7 Å². The summed E-state index contributed by atoms with van der Waals surface area (Å²) in [7, 11) is 3.49. The molecule has 2 unspecified atom stereocenters. The van der Waals surface area contributed by atoms with E-state index in [-0.39, 0.29) is 28.9 Å². The number of rotatable bonds is 8. The van der Waals surface area contributed by atoms with Crippen LogP contribution in [0.5, 0.6) is 11.5 Å². The topological polar surface area (TPSA) is 60.0 Å². The third-order valence-electron chi connectivity index (χ3n) is 11.1. The first-order valence-corrected chi connectivity index (χ1v) is 15.1. The summed E-state index contributed by atoms with van der Waals surface area (Å²) in [6.45, 7) is 2.24. The van der Waals surface area contributed by atoms with E-state index in [0.717, 1.165) is 48.8 Å². The van der Waals surface area contributed by atoms with Gasteiger partial charge in [-0.05, 0) is 61.8 Å². The molecule has 6 nitrogen and oxygen atoms in total. The number of hydrogen-bond donors (Lipinski definition) is 1. The van der Waals surface area contributed by atoms with E-state index >= 15 is 0 Å². The van der Waals surface area contributed by atoms with Gasteiger partial charge in [0.05, 0.1) is 18.6 Å². The van der Waals surface area contributed by atoms with Crippen LogP contribution < -0.4 is 14.8 Å². The average molecular weight is 551 g/mol. The summed E-state index contributed by atoms with van der Waals surface area (Å²) in [5.41, 5.74) is 2.71. The Balaban J connectivity index is 1.17. The fraction of sp³-hybridized carbons (Fsp3) is 0.457. The molecule has 5 aliphatic carbocycles. The molecule has 2 heterocycles. The number of carbonyl (C=O) groups is 1. The third-order valence-corrected chi connectivity index (χ3v) is 11.1. The van der Waals surface area contributed by atoms with E-state index < -0.39 is 5.60 Å². The molecule has 2 aliphatic heterocycles. The lowest BCUT2D eigenvalue weighted by Gasteiger charge is -2.71. The molecule has 2 aromatic rings. The first-order valence-electron chi connectivity index (χ1n) is 15.1. The SMILES string of the molecule is COc1ccc2c3c1OC1[C@@]4(OC)C=C[C@@]5(CC4NC(=O)C=CC=Cc4ccccc4)[C@@H](C2)N(CC2CC2)CC[C@]315. The van der Waals surface area contributed by atoms with Crippen molar-refractivity contribution < 1.29 is 19.0 Å². The Hall–Kier alpha value is -3.35. The lowest BCUT2D eigenvalue weighted by molar-refractivity contribution is -0.203. The molecule has 212 valence electrons. The van der Waals surface area contributed by atoms with Gasteiger partial charge in [-0.25, -0.2) is 0 Å². The molecule has 0 radical (unpaired) electrons. The van der Waals surface area contributed by atoms with Crippen LogP contribution >= 0.6 is 0 Å². The van der Waals surface area contributed by atoms with Crippen LogP contribution in [0.25, 0.3) is 6.08 Å². The highest BCUT2D eigenvalue weighted by molar-refractivity contribution is 5.88. The second-order valence-corrected chi connectivity index (χ2v) is 12.8. The second kappa shape index (κ2) is 9.07. The Morgan fingerprint density at radius 3 is 2.76 bits per heavy atom. The van der Waals surface area contributed by atoms with Crippen LogP contribution in [0, 0.1) is 11.3 Å². The van der Waals surface area contributed by atoms with Crippen molar-refractivity contribution >= 4 is 12.0 Å². The normalized spacial score (nSPS) is 36.0. The largest absolute Gasteiger partial charge is 0.493 e. The molecule has 4 bridgehead atoms. The van der Waals surface area contributed by atoms with Crippen LogP contribution in [-0.2, 0) is 21.4 Å². The van der Waals surface area contributed by atoms with Crippen molar-refractivity contribution in [3.63, 3.8) is 0 Å². The molecular weight excluding hydrogens is 512 g/mol. The zero-order chi connectivity index (χ0) is 27.8. The number of fused-ring (bicyclic) bond motifs is 1. The zero-order valence-electron chi connectivity index (χ0n) is 23.8. The van der Waals surface area contributed by atoms with Crippen molar-refractivity contribution in [2.24, 2.45) is 11.3 Å². The first kappa shape index (κ1) is 25.4. The summed E-state index contributed by atoms with van der Waals surface area (Å²) >= 11 is 0. The first-order chi connectivity index (χ1) is 20.0. The van der Waals surface area contributed by atoms with Crippen LogP contribution in [0.1, 0.15) is 42.4 Å².